The minimum atomic E-state index is -0.432. The summed E-state index contributed by atoms with van der Waals surface area (Å²) in [6.45, 7) is 3.16. The molecule has 0 fully saturated rings. The highest BCUT2D eigenvalue weighted by Gasteiger charge is 2.29. The Balaban J connectivity index is 1.94. The molecule has 0 radical (unpaired) electrons. The van der Waals surface area contributed by atoms with E-state index in [4.69, 9.17) is 16.6 Å². The van der Waals surface area contributed by atoms with Gasteiger partial charge in [-0.2, -0.15) is 0 Å². The summed E-state index contributed by atoms with van der Waals surface area (Å²) in [5, 5.41) is 1.03. The van der Waals surface area contributed by atoms with E-state index in [1.54, 1.807) is 22.8 Å². The van der Waals surface area contributed by atoms with Crippen molar-refractivity contribution in [2.24, 2.45) is 0 Å². The van der Waals surface area contributed by atoms with Crippen LogP contribution in [0.25, 0.3) is 16.6 Å². The van der Waals surface area contributed by atoms with E-state index in [0.717, 1.165) is 0 Å². The van der Waals surface area contributed by atoms with E-state index in [9.17, 15) is 9.59 Å². The molecule has 0 aliphatic rings. The van der Waals surface area contributed by atoms with Crippen LogP contribution in [0.15, 0.2) is 83.7 Å². The van der Waals surface area contributed by atoms with Gasteiger partial charge in [0.2, 0.25) is 0 Å². The highest BCUT2D eigenvalue weighted by atomic mass is 35.5. The van der Waals surface area contributed by atoms with E-state index in [1.807, 2.05) is 91.5 Å². The van der Waals surface area contributed by atoms with Crippen molar-refractivity contribution in [3.8, 4) is 5.69 Å². The molecule has 0 bridgehead atoms. The zero-order valence-corrected chi connectivity index (χ0v) is 20.9. The number of hydrogen-bond donors (Lipinski definition) is 0. The first-order chi connectivity index (χ1) is 16.9. The van der Waals surface area contributed by atoms with Gasteiger partial charge in [-0.1, -0.05) is 54.9 Å². The van der Waals surface area contributed by atoms with Crippen molar-refractivity contribution < 1.29 is 4.79 Å². The molecule has 0 aliphatic carbocycles. The van der Waals surface area contributed by atoms with Gasteiger partial charge in [-0.15, -0.1) is 0 Å². The minimum Gasteiger partial charge on any atom is -0.327 e. The Morgan fingerprint density at radius 3 is 2.37 bits per heavy atom. The van der Waals surface area contributed by atoms with Crippen LogP contribution in [0.4, 0.5) is 0 Å². The van der Waals surface area contributed by atoms with E-state index < -0.39 is 6.04 Å². The fraction of sp³-hybridized carbons (Fsp3) is 0.250. The number of nitrogens with zero attached hydrogens (tertiary/aromatic N) is 4. The van der Waals surface area contributed by atoms with Crippen molar-refractivity contribution in [1.29, 1.82) is 0 Å². The lowest BCUT2D eigenvalue weighted by molar-refractivity contribution is 0.0644. The lowest BCUT2D eigenvalue weighted by atomic mass is 10.1. The Morgan fingerprint density at radius 1 is 0.971 bits per heavy atom. The van der Waals surface area contributed by atoms with Crippen LogP contribution < -0.4 is 5.56 Å². The molecule has 7 heteroatoms. The number of likely N-dealkylation sites (N-methyl/N-ethyl adjacent to an activating group) is 1. The molecule has 0 spiro atoms. The first-order valence-electron chi connectivity index (χ1n) is 11.7. The van der Waals surface area contributed by atoms with Gasteiger partial charge in [-0.05, 0) is 63.0 Å². The van der Waals surface area contributed by atoms with Gasteiger partial charge < -0.3 is 9.80 Å². The van der Waals surface area contributed by atoms with Gasteiger partial charge in [0.25, 0.3) is 11.5 Å². The van der Waals surface area contributed by atoms with Crippen LogP contribution in [-0.4, -0.2) is 52.4 Å². The van der Waals surface area contributed by atoms with Crippen molar-refractivity contribution in [3.05, 3.63) is 106 Å². The number of amides is 1. The molecule has 180 valence electrons. The minimum absolute atomic E-state index is 0.0978. The van der Waals surface area contributed by atoms with Gasteiger partial charge in [-0.3, -0.25) is 14.2 Å². The summed E-state index contributed by atoms with van der Waals surface area (Å²) in [6, 6.07) is 23.3. The van der Waals surface area contributed by atoms with Crippen LogP contribution >= 0.6 is 11.6 Å². The molecule has 1 unspecified atom stereocenters. The molecule has 3 aromatic carbocycles. The topological polar surface area (TPSA) is 58.4 Å². The molecule has 1 heterocycles. The van der Waals surface area contributed by atoms with Gasteiger partial charge in [0.05, 0.1) is 22.6 Å². The van der Waals surface area contributed by atoms with Gasteiger partial charge in [0.1, 0.15) is 5.82 Å². The van der Waals surface area contributed by atoms with Crippen LogP contribution in [-0.2, 0) is 0 Å². The summed E-state index contributed by atoms with van der Waals surface area (Å²) in [6.07, 6.45) is 0.581. The highest BCUT2D eigenvalue weighted by molar-refractivity contribution is 6.30. The average Bonchev–Trinajstić information content (AvgIpc) is 2.86. The molecule has 0 N–H and O–H groups in total. The van der Waals surface area contributed by atoms with E-state index in [-0.39, 0.29) is 11.5 Å². The molecule has 4 aromatic rings. The summed E-state index contributed by atoms with van der Waals surface area (Å²) in [4.78, 5) is 36.3. The second-order valence-electron chi connectivity index (χ2n) is 8.70. The monoisotopic (exact) mass is 488 g/mol. The van der Waals surface area contributed by atoms with Gasteiger partial charge in [0.15, 0.2) is 0 Å². The van der Waals surface area contributed by atoms with Crippen LogP contribution in [0.5, 0.6) is 0 Å². The second-order valence-corrected chi connectivity index (χ2v) is 9.14. The summed E-state index contributed by atoms with van der Waals surface area (Å²) in [7, 11) is 3.95. The Kier molecular flexibility index (Phi) is 7.63. The number of benzene rings is 3. The number of carbonyl (C=O) groups is 1. The number of aromatic nitrogens is 2. The smallest absolute Gasteiger partial charge is 0.266 e. The predicted octanol–water partition coefficient (Wildman–Crippen LogP) is 5.19. The lowest BCUT2D eigenvalue weighted by Gasteiger charge is -2.33. The van der Waals surface area contributed by atoms with Crippen LogP contribution in [0, 0.1) is 0 Å². The van der Waals surface area contributed by atoms with Crippen molar-refractivity contribution in [1.82, 2.24) is 19.4 Å². The maximum Gasteiger partial charge on any atom is 0.266 e. The molecule has 1 amide bonds. The predicted molar refractivity (Wildman–Crippen MR) is 141 cm³/mol. The van der Waals surface area contributed by atoms with Crippen LogP contribution in [0.3, 0.4) is 0 Å². The van der Waals surface area contributed by atoms with E-state index in [0.29, 0.717) is 52.5 Å². The van der Waals surface area contributed by atoms with E-state index in [2.05, 4.69) is 0 Å². The zero-order chi connectivity index (χ0) is 24.9. The third-order valence-corrected chi connectivity index (χ3v) is 6.23. The second kappa shape index (κ2) is 10.8. The van der Waals surface area contributed by atoms with Crippen molar-refractivity contribution in [3.63, 3.8) is 0 Å². The highest BCUT2D eigenvalue weighted by Crippen LogP contribution is 2.28. The molecule has 1 aromatic heterocycles. The molecule has 1 atom stereocenters. The SMILES string of the molecule is CCC(c1nc2ccccc2c(=O)n1-c1cccc(Cl)c1)N(CCN(C)C)C(=O)c1ccccc1. The number of para-hydroxylation sites is 1. The Hall–Kier alpha value is -3.48. The van der Waals surface area contributed by atoms with E-state index in [1.165, 1.54) is 0 Å². The fourth-order valence-corrected chi connectivity index (χ4v) is 4.42. The first kappa shape index (κ1) is 24.6. The van der Waals surface area contributed by atoms with Gasteiger partial charge in [-0.25, -0.2) is 4.98 Å². The number of fused-ring (bicyclic) bond motifs is 1. The Bertz CT molecular complexity index is 1380. The first-order valence-corrected chi connectivity index (χ1v) is 12.1. The zero-order valence-electron chi connectivity index (χ0n) is 20.2. The lowest BCUT2D eigenvalue weighted by Crippen LogP contribution is -2.41. The molecular formula is C28H29ClN4O2. The fourth-order valence-electron chi connectivity index (χ4n) is 4.23. The van der Waals surface area contributed by atoms with Crippen LogP contribution in [0.1, 0.15) is 35.6 Å². The summed E-state index contributed by atoms with van der Waals surface area (Å²) in [5.74, 6) is 0.417. The molecule has 6 nitrogen and oxygen atoms in total. The summed E-state index contributed by atoms with van der Waals surface area (Å²) in [5.41, 5.74) is 1.63. The molecule has 0 saturated carbocycles. The van der Waals surface area contributed by atoms with E-state index >= 15 is 0 Å². The molecular weight excluding hydrogens is 460 g/mol. The van der Waals surface area contributed by atoms with Crippen molar-refractivity contribution in [2.75, 3.05) is 27.2 Å². The normalized spacial score (nSPS) is 12.1. The quantitative estimate of drug-likeness (QED) is 0.342. The molecule has 35 heavy (non-hydrogen) atoms. The summed E-state index contributed by atoms with van der Waals surface area (Å²) < 4.78 is 1.60. The molecule has 0 saturated heterocycles. The molecule has 0 aliphatic heterocycles. The number of rotatable bonds is 8. The van der Waals surface area contributed by atoms with Crippen molar-refractivity contribution in [2.45, 2.75) is 19.4 Å². The average molecular weight is 489 g/mol. The van der Waals surface area contributed by atoms with Crippen molar-refractivity contribution >= 4 is 28.4 Å². The largest absolute Gasteiger partial charge is 0.327 e. The van der Waals surface area contributed by atoms with Crippen LogP contribution in [0.2, 0.25) is 5.02 Å². The number of halogens is 1. The van der Waals surface area contributed by atoms with Gasteiger partial charge in [0, 0.05) is 23.7 Å². The Labute approximate surface area is 210 Å². The third-order valence-electron chi connectivity index (χ3n) is 6.00. The van der Waals surface area contributed by atoms with Gasteiger partial charge >= 0.3 is 0 Å². The maximum absolute atomic E-state index is 13.8. The standard InChI is InChI=1S/C28H29ClN4O2/c1-4-25(32(18-17-31(2)3)27(34)20-11-6-5-7-12-20)26-30-24-16-9-8-15-23(24)28(35)33(26)22-14-10-13-21(29)19-22/h5-16,19,25H,4,17-18H2,1-3H3. The number of hydrogen-bond acceptors (Lipinski definition) is 4. The summed E-state index contributed by atoms with van der Waals surface area (Å²) >= 11 is 6.30. The third kappa shape index (κ3) is 5.29. The Morgan fingerprint density at radius 2 is 1.69 bits per heavy atom. The maximum atomic E-state index is 13.8. The molecule has 4 rings (SSSR count). The number of carbonyl (C=O) groups excluding carboxylic acids is 1.